The van der Waals surface area contributed by atoms with Gasteiger partial charge in [-0.2, -0.15) is 0 Å². The Kier molecular flexibility index (Phi) is 23.4. The van der Waals surface area contributed by atoms with Gasteiger partial charge in [0.05, 0.1) is 6.10 Å². The Balaban J connectivity index is 1.10. The molecule has 0 spiro atoms. The van der Waals surface area contributed by atoms with Gasteiger partial charge in [0.15, 0.2) is 0 Å². The highest BCUT2D eigenvalue weighted by Crippen LogP contribution is 2.28. The average Bonchev–Trinajstić information content (AvgIpc) is 1.66. The third-order valence-corrected chi connectivity index (χ3v) is 17.6. The van der Waals surface area contributed by atoms with Gasteiger partial charge < -0.3 is 77.6 Å². The number of aliphatic hydroxyl groups excluding tert-OH is 1. The minimum Gasteiger partial charge on any atom is -0.481 e. The smallest absolute Gasteiger partial charge is 0.303 e. The van der Waals surface area contributed by atoms with E-state index in [2.05, 4.69) is 52.5 Å². The van der Waals surface area contributed by atoms with Gasteiger partial charge in [0.1, 0.15) is 60.4 Å². The van der Waals surface area contributed by atoms with Crippen LogP contribution in [-0.4, -0.2) is 186 Å². The second kappa shape index (κ2) is 32.1. The molecule has 6 aromatic rings. The molecule has 3 aliphatic rings. The Morgan fingerprint density at radius 3 is 1.40 bits per heavy atom. The zero-order valence-electron chi connectivity index (χ0n) is 53.5. The summed E-state index contributed by atoms with van der Waals surface area (Å²) in [6.07, 6.45) is -1.05. The van der Waals surface area contributed by atoms with Gasteiger partial charge in [-0.25, -0.2) is 0 Å². The standard InChI is InChI=1S/C69H82N12O15/c1-38(2)29-51-63(90)72-39(3)60(87)75-53(32-42-35-70-47-21-12-10-19-45(42)47)65(92)74-50(25-27-59(85)86)62(89)79-55(31-41-17-8-5-9-18-41)68(95)80-28-14-23-56(80)69(96)81-37-44(82)34-57(81)67(94)78-52(30-40-15-6-4-7-16-40)64(91)73-49(24-26-58(83)84)61(88)77-54(66(93)76-51)33-43-36-71-48-22-13-11-20-46(43)48/h4-13,15-22,35-36,38-39,44,49-57,70-71,82H,14,23-34,37H2,1-3H3,(H,72,90)(H,73,91)(H,74,92)(H,75,87)(H,76,93)(H,77,88)(H,78,94)(H,79,89)(H,83,84)(H,85,86)/t39-,44+,49-,50-,51-,52-,53-,54-,55-,56+,57-/m0/s1. The summed E-state index contributed by atoms with van der Waals surface area (Å²) in [5.74, 6) is -11.9. The molecule has 4 aromatic carbocycles. The number of H-pyrrole nitrogens is 2. The lowest BCUT2D eigenvalue weighted by molar-refractivity contribution is -0.148. The summed E-state index contributed by atoms with van der Waals surface area (Å²) in [4.78, 5) is 182. The Morgan fingerprint density at radius 1 is 0.469 bits per heavy atom. The van der Waals surface area contributed by atoms with E-state index in [0.717, 1.165) is 4.90 Å². The molecule has 0 unspecified atom stereocenters. The first kappa shape index (κ1) is 69.9. The van der Waals surface area contributed by atoms with E-state index in [1.165, 1.54) is 11.8 Å². The molecule has 9 rings (SSSR count). The Morgan fingerprint density at radius 2 is 0.885 bits per heavy atom. The summed E-state index contributed by atoms with van der Waals surface area (Å²) in [6, 6.07) is 16.4. The maximum absolute atomic E-state index is 15.2. The molecule has 96 heavy (non-hydrogen) atoms. The first-order valence-corrected chi connectivity index (χ1v) is 32.3. The second-order valence-corrected chi connectivity index (χ2v) is 25.2. The van der Waals surface area contributed by atoms with Crippen LogP contribution in [0.15, 0.2) is 122 Å². The average molecular weight is 1320 g/mol. The number of benzene rings is 4. The highest BCUT2D eigenvalue weighted by molar-refractivity contribution is 6.01. The lowest BCUT2D eigenvalue weighted by Crippen LogP contribution is -2.61. The number of aromatic amines is 2. The van der Waals surface area contributed by atoms with E-state index in [0.29, 0.717) is 44.1 Å². The van der Waals surface area contributed by atoms with Crippen LogP contribution in [0, 0.1) is 5.92 Å². The summed E-state index contributed by atoms with van der Waals surface area (Å²) in [5, 5.41) is 54.0. The number of aliphatic carboxylic acids is 2. The number of fused-ring (bicyclic) bond motifs is 4. The first-order valence-electron chi connectivity index (χ1n) is 32.3. The number of carbonyl (C=O) groups excluding carboxylic acids is 10. The molecule has 508 valence electrons. The molecule has 0 bridgehead atoms. The van der Waals surface area contributed by atoms with Crippen LogP contribution >= 0.6 is 0 Å². The van der Waals surface area contributed by atoms with Crippen molar-refractivity contribution < 1.29 is 72.9 Å². The Hall–Kier alpha value is -10.4. The molecule has 3 fully saturated rings. The van der Waals surface area contributed by atoms with Crippen LogP contribution in [0.4, 0.5) is 0 Å². The van der Waals surface area contributed by atoms with Crippen molar-refractivity contribution in [1.82, 2.24) is 62.3 Å². The van der Waals surface area contributed by atoms with Crippen LogP contribution in [0.5, 0.6) is 0 Å². The fourth-order valence-electron chi connectivity index (χ4n) is 12.6. The number of hydrogen-bond donors (Lipinski definition) is 13. The van der Waals surface area contributed by atoms with Crippen molar-refractivity contribution in [3.05, 3.63) is 144 Å². The molecule has 13 N–H and O–H groups in total. The van der Waals surface area contributed by atoms with E-state index in [1.54, 1.807) is 135 Å². The number of nitrogens with zero attached hydrogens (tertiary/aromatic N) is 2. The second-order valence-electron chi connectivity index (χ2n) is 25.2. The van der Waals surface area contributed by atoms with Crippen molar-refractivity contribution >= 4 is 92.8 Å². The van der Waals surface area contributed by atoms with Crippen molar-refractivity contribution in [2.24, 2.45) is 5.92 Å². The van der Waals surface area contributed by atoms with Crippen molar-refractivity contribution in [3.63, 3.8) is 0 Å². The number of aliphatic hydroxyl groups is 1. The van der Waals surface area contributed by atoms with Gasteiger partial charge in [0, 0.05) is 92.2 Å². The van der Waals surface area contributed by atoms with E-state index in [-0.39, 0.29) is 70.4 Å². The molecular weight excluding hydrogens is 1240 g/mol. The van der Waals surface area contributed by atoms with Gasteiger partial charge in [0.25, 0.3) is 0 Å². The van der Waals surface area contributed by atoms with E-state index in [4.69, 9.17) is 0 Å². The summed E-state index contributed by atoms with van der Waals surface area (Å²) in [7, 11) is 0. The van der Waals surface area contributed by atoms with Gasteiger partial charge in [0.2, 0.25) is 59.1 Å². The van der Waals surface area contributed by atoms with E-state index in [9.17, 15) is 63.3 Å². The topological polar surface area (TPSA) is 400 Å². The van der Waals surface area contributed by atoms with Crippen LogP contribution in [0.1, 0.15) is 94.4 Å². The van der Waals surface area contributed by atoms with Gasteiger partial charge in [-0.1, -0.05) is 111 Å². The molecule has 0 aliphatic carbocycles. The fourth-order valence-corrected chi connectivity index (χ4v) is 12.6. The lowest BCUT2D eigenvalue weighted by atomic mass is 9.99. The van der Waals surface area contributed by atoms with Crippen molar-refractivity contribution in [3.8, 4) is 0 Å². The Bertz CT molecular complexity index is 3840. The van der Waals surface area contributed by atoms with Crippen molar-refractivity contribution in [1.29, 1.82) is 0 Å². The molecular formula is C69H82N12O15. The number of carboxylic acids is 2. The maximum Gasteiger partial charge on any atom is 0.303 e. The van der Waals surface area contributed by atoms with Crippen LogP contribution in [0.3, 0.4) is 0 Å². The van der Waals surface area contributed by atoms with Gasteiger partial charge >= 0.3 is 11.9 Å². The molecule has 3 aliphatic heterocycles. The number of amides is 10. The molecule has 3 saturated heterocycles. The SMILES string of the molecule is CC(C)C[C@@H]1NC(=O)[C@H](Cc2c[nH]c3ccccc23)NC(=O)[C@H](CCC(=O)O)NC(=O)[C@H](Cc2ccccc2)NC(=O)[C@@H]2C[C@@H](O)CN2C(=O)[C@H]2CCCN2C(=O)[C@H](Cc2ccccc2)NC(=O)[C@H](CCC(=O)O)NC(=O)[C@H](Cc2c[nH]c3ccccc23)NC(=O)[C@H](C)NC1=O. The molecule has 10 amide bonds. The third kappa shape index (κ3) is 18.1. The number of carbonyl (C=O) groups is 12. The maximum atomic E-state index is 15.2. The summed E-state index contributed by atoms with van der Waals surface area (Å²) < 4.78 is 0. The highest BCUT2D eigenvalue weighted by Gasteiger charge is 2.47. The molecule has 0 radical (unpaired) electrons. The number of aromatic nitrogens is 2. The summed E-state index contributed by atoms with van der Waals surface area (Å²) >= 11 is 0. The molecule has 5 heterocycles. The van der Waals surface area contributed by atoms with E-state index >= 15 is 9.59 Å². The molecule has 27 heteroatoms. The predicted octanol–water partition coefficient (Wildman–Crippen LogP) is 1.56. The van der Waals surface area contributed by atoms with Crippen LogP contribution < -0.4 is 42.5 Å². The van der Waals surface area contributed by atoms with Gasteiger partial charge in [-0.15, -0.1) is 0 Å². The zero-order valence-corrected chi connectivity index (χ0v) is 53.5. The first-order chi connectivity index (χ1) is 46.0. The third-order valence-electron chi connectivity index (χ3n) is 17.6. The van der Waals surface area contributed by atoms with E-state index < -0.39 is 163 Å². The Labute approximate surface area is 553 Å². The normalized spacial score (nSPS) is 25.0. The summed E-state index contributed by atoms with van der Waals surface area (Å²) in [5.41, 5.74) is 3.55. The van der Waals surface area contributed by atoms with Crippen molar-refractivity contribution in [2.75, 3.05) is 13.1 Å². The zero-order chi connectivity index (χ0) is 68.7. The molecule has 0 saturated carbocycles. The monoisotopic (exact) mass is 1320 g/mol. The largest absolute Gasteiger partial charge is 0.481 e. The predicted molar refractivity (Wildman–Crippen MR) is 349 cm³/mol. The minimum absolute atomic E-state index is 0.000297. The van der Waals surface area contributed by atoms with Crippen molar-refractivity contribution in [2.45, 2.75) is 164 Å². The van der Waals surface area contributed by atoms with Gasteiger partial charge in [-0.3, -0.25) is 57.5 Å². The minimum atomic E-state index is -1.68. The highest BCUT2D eigenvalue weighted by atomic mass is 16.4. The van der Waals surface area contributed by atoms with Crippen LogP contribution in [-0.2, 0) is 83.2 Å². The summed E-state index contributed by atoms with van der Waals surface area (Å²) in [6.45, 7) is 4.53. The number of hydrogen-bond acceptors (Lipinski definition) is 13. The fraction of sp³-hybridized carbons (Fsp3) is 0.420. The number of para-hydroxylation sites is 2. The molecule has 27 nitrogen and oxygen atoms in total. The molecule has 2 aromatic heterocycles. The van der Waals surface area contributed by atoms with Crippen LogP contribution in [0.25, 0.3) is 21.8 Å². The van der Waals surface area contributed by atoms with Gasteiger partial charge in [-0.05, 0) is 79.3 Å². The number of nitrogens with one attached hydrogen (secondary N) is 10. The van der Waals surface area contributed by atoms with Crippen LogP contribution in [0.2, 0.25) is 0 Å². The quantitative estimate of drug-likeness (QED) is 0.0654. The lowest BCUT2D eigenvalue weighted by Gasteiger charge is -2.33. The number of rotatable bonds is 16. The molecule has 11 atom stereocenters. The number of carboxylic acid groups (broad SMARTS) is 2. The van der Waals surface area contributed by atoms with E-state index in [1.807, 2.05) is 0 Å².